The fourth-order valence-corrected chi connectivity index (χ4v) is 4.39. The Morgan fingerprint density at radius 2 is 1.82 bits per heavy atom. The molecule has 0 bridgehead atoms. The van der Waals surface area contributed by atoms with Crippen LogP contribution >= 0.6 is 0 Å². The van der Waals surface area contributed by atoms with Gasteiger partial charge in [-0.2, -0.15) is 4.72 Å². The van der Waals surface area contributed by atoms with Crippen molar-refractivity contribution < 1.29 is 22.7 Å². The SMILES string of the molecule is CCOC(=O)[C@@]1(C#Cc2ccc(NC(C)=O)cc2)NS(=O)(=O)c2ccccc21. The van der Waals surface area contributed by atoms with Crippen molar-refractivity contribution in [2.24, 2.45) is 0 Å². The molecule has 0 aliphatic carbocycles. The number of esters is 1. The molecule has 3 rings (SSSR count). The molecule has 2 aromatic carbocycles. The largest absolute Gasteiger partial charge is 0.464 e. The Morgan fingerprint density at radius 3 is 2.46 bits per heavy atom. The number of nitrogens with one attached hydrogen (secondary N) is 2. The summed E-state index contributed by atoms with van der Waals surface area (Å²) in [6, 6.07) is 12.8. The summed E-state index contributed by atoms with van der Waals surface area (Å²) in [4.78, 5) is 23.8. The highest BCUT2D eigenvalue weighted by Gasteiger charge is 2.52. The minimum Gasteiger partial charge on any atom is -0.464 e. The number of rotatable bonds is 3. The van der Waals surface area contributed by atoms with Crippen molar-refractivity contribution in [2.75, 3.05) is 11.9 Å². The van der Waals surface area contributed by atoms with Gasteiger partial charge in [0.2, 0.25) is 21.5 Å². The van der Waals surface area contributed by atoms with E-state index in [1.807, 2.05) is 0 Å². The Morgan fingerprint density at radius 1 is 1.14 bits per heavy atom. The third-order valence-electron chi connectivity index (χ3n) is 4.05. The lowest BCUT2D eigenvalue weighted by Crippen LogP contribution is -2.46. The summed E-state index contributed by atoms with van der Waals surface area (Å²) in [7, 11) is -3.90. The van der Waals surface area contributed by atoms with E-state index in [4.69, 9.17) is 4.74 Å². The van der Waals surface area contributed by atoms with E-state index in [1.54, 1.807) is 49.4 Å². The summed E-state index contributed by atoms with van der Waals surface area (Å²) in [5, 5.41) is 2.64. The van der Waals surface area contributed by atoms with E-state index in [9.17, 15) is 18.0 Å². The summed E-state index contributed by atoms with van der Waals surface area (Å²) in [5.41, 5.74) is -0.441. The fraction of sp³-hybridized carbons (Fsp3) is 0.200. The maximum absolute atomic E-state index is 12.7. The van der Waals surface area contributed by atoms with Crippen LogP contribution in [0, 0.1) is 11.8 Å². The van der Waals surface area contributed by atoms with Crippen LogP contribution in [-0.4, -0.2) is 26.9 Å². The number of amides is 1. The Bertz CT molecular complexity index is 1100. The lowest BCUT2D eigenvalue weighted by Gasteiger charge is -2.20. The second-order valence-electron chi connectivity index (χ2n) is 6.08. The van der Waals surface area contributed by atoms with Gasteiger partial charge in [0.25, 0.3) is 0 Å². The van der Waals surface area contributed by atoms with Gasteiger partial charge in [0.1, 0.15) is 0 Å². The minimum absolute atomic E-state index is 0.00152. The lowest BCUT2D eigenvalue weighted by atomic mass is 9.91. The lowest BCUT2D eigenvalue weighted by molar-refractivity contribution is -0.148. The average molecular weight is 398 g/mol. The molecule has 7 nitrogen and oxygen atoms in total. The molecule has 1 atom stereocenters. The second-order valence-corrected chi connectivity index (χ2v) is 7.73. The predicted octanol–water partition coefficient (Wildman–Crippen LogP) is 1.75. The van der Waals surface area contributed by atoms with Crippen LogP contribution in [0.5, 0.6) is 0 Å². The highest BCUT2D eigenvalue weighted by molar-refractivity contribution is 7.90. The standard InChI is InChI=1S/C20H18N2O5S/c1-3-27-19(24)20(17-6-4-5-7-18(17)28(25,26)22-20)13-12-15-8-10-16(11-9-15)21-14(2)23/h4-11,22H,3H2,1-2H3,(H,21,23)/t20-/m0/s1. The molecule has 1 amide bonds. The quantitative estimate of drug-likeness (QED) is 0.606. The number of anilines is 1. The summed E-state index contributed by atoms with van der Waals surface area (Å²) < 4.78 is 32.5. The van der Waals surface area contributed by atoms with Crippen LogP contribution in [0.15, 0.2) is 53.4 Å². The fourth-order valence-electron chi connectivity index (χ4n) is 2.86. The number of hydrogen-bond acceptors (Lipinski definition) is 5. The van der Waals surface area contributed by atoms with Crippen LogP contribution in [0.25, 0.3) is 0 Å². The van der Waals surface area contributed by atoms with Crippen LogP contribution in [0.4, 0.5) is 5.69 Å². The molecule has 0 spiro atoms. The third-order valence-corrected chi connectivity index (χ3v) is 5.56. The molecule has 144 valence electrons. The molecule has 28 heavy (non-hydrogen) atoms. The zero-order chi connectivity index (χ0) is 20.4. The summed E-state index contributed by atoms with van der Waals surface area (Å²) in [5.74, 6) is 4.62. The number of hydrogen-bond donors (Lipinski definition) is 2. The molecule has 8 heteroatoms. The van der Waals surface area contributed by atoms with Gasteiger partial charge < -0.3 is 10.1 Å². The van der Waals surface area contributed by atoms with Gasteiger partial charge in [-0.15, -0.1) is 0 Å². The molecule has 1 heterocycles. The van der Waals surface area contributed by atoms with Crippen molar-refractivity contribution in [1.82, 2.24) is 4.72 Å². The smallest absolute Gasteiger partial charge is 0.344 e. The molecule has 1 aliphatic heterocycles. The minimum atomic E-state index is -3.90. The number of benzene rings is 2. The van der Waals surface area contributed by atoms with Crippen LogP contribution in [0.3, 0.4) is 0 Å². The van der Waals surface area contributed by atoms with Gasteiger partial charge in [-0.1, -0.05) is 30.0 Å². The molecule has 0 saturated heterocycles. The summed E-state index contributed by atoms with van der Waals surface area (Å²) in [6.07, 6.45) is 0. The molecular weight excluding hydrogens is 380 g/mol. The topological polar surface area (TPSA) is 102 Å². The first kappa shape index (κ1) is 19.6. The van der Waals surface area contributed by atoms with Gasteiger partial charge in [0.05, 0.1) is 11.5 Å². The maximum Gasteiger partial charge on any atom is 0.344 e. The Labute approximate surface area is 163 Å². The van der Waals surface area contributed by atoms with Crippen molar-refractivity contribution in [3.8, 4) is 11.8 Å². The van der Waals surface area contributed by atoms with Gasteiger partial charge in [-0.3, -0.25) is 4.79 Å². The van der Waals surface area contributed by atoms with Crippen LogP contribution in [-0.2, 0) is 29.9 Å². The van der Waals surface area contributed by atoms with Gasteiger partial charge in [-0.05, 0) is 37.3 Å². The number of sulfonamides is 1. The number of fused-ring (bicyclic) bond motifs is 1. The van der Waals surface area contributed by atoms with E-state index >= 15 is 0 Å². The molecule has 2 aromatic rings. The highest BCUT2D eigenvalue weighted by Crippen LogP contribution is 2.36. The normalized spacial score (nSPS) is 19.1. The van der Waals surface area contributed by atoms with E-state index in [0.717, 1.165) is 0 Å². The van der Waals surface area contributed by atoms with Crippen molar-refractivity contribution >= 4 is 27.6 Å². The van der Waals surface area contributed by atoms with Crippen molar-refractivity contribution in [2.45, 2.75) is 24.3 Å². The van der Waals surface area contributed by atoms with Gasteiger partial charge in [0.15, 0.2) is 0 Å². The highest BCUT2D eigenvalue weighted by atomic mass is 32.2. The molecule has 0 radical (unpaired) electrons. The monoisotopic (exact) mass is 398 g/mol. The Hall–Kier alpha value is -3.15. The maximum atomic E-state index is 12.7. The van der Waals surface area contributed by atoms with E-state index < -0.39 is 21.5 Å². The molecule has 1 aliphatic rings. The van der Waals surface area contributed by atoms with Crippen molar-refractivity contribution in [1.29, 1.82) is 0 Å². The van der Waals surface area contributed by atoms with Crippen LogP contribution < -0.4 is 10.0 Å². The summed E-state index contributed by atoms with van der Waals surface area (Å²) in [6.45, 7) is 3.12. The Balaban J connectivity index is 2.06. The molecule has 0 unspecified atom stereocenters. The third kappa shape index (κ3) is 3.63. The molecule has 0 saturated carbocycles. The van der Waals surface area contributed by atoms with E-state index in [2.05, 4.69) is 21.9 Å². The van der Waals surface area contributed by atoms with Gasteiger partial charge in [-0.25, -0.2) is 13.2 Å². The number of carbonyl (C=O) groups is 2. The van der Waals surface area contributed by atoms with E-state index in [-0.39, 0.29) is 23.0 Å². The molecule has 0 aromatic heterocycles. The number of carbonyl (C=O) groups excluding carboxylic acids is 2. The first-order chi connectivity index (χ1) is 13.3. The average Bonchev–Trinajstić information content (AvgIpc) is 2.89. The van der Waals surface area contributed by atoms with Gasteiger partial charge in [0, 0.05) is 23.7 Å². The van der Waals surface area contributed by atoms with Crippen LogP contribution in [0.2, 0.25) is 0 Å². The zero-order valence-corrected chi connectivity index (χ0v) is 16.1. The number of ether oxygens (including phenoxy) is 1. The zero-order valence-electron chi connectivity index (χ0n) is 15.3. The van der Waals surface area contributed by atoms with Gasteiger partial charge >= 0.3 is 5.97 Å². The summed E-state index contributed by atoms with van der Waals surface area (Å²) >= 11 is 0. The first-order valence-electron chi connectivity index (χ1n) is 8.50. The second kappa shape index (κ2) is 7.46. The Kier molecular flexibility index (Phi) is 5.23. The van der Waals surface area contributed by atoms with Crippen LogP contribution in [0.1, 0.15) is 25.0 Å². The molecule has 2 N–H and O–H groups in total. The van der Waals surface area contributed by atoms with Crippen molar-refractivity contribution in [3.63, 3.8) is 0 Å². The molecule has 0 fully saturated rings. The predicted molar refractivity (Wildman–Crippen MR) is 103 cm³/mol. The van der Waals surface area contributed by atoms with E-state index in [0.29, 0.717) is 11.3 Å². The van der Waals surface area contributed by atoms with E-state index in [1.165, 1.54) is 13.0 Å². The van der Waals surface area contributed by atoms with Crippen molar-refractivity contribution in [3.05, 3.63) is 59.7 Å². The molecular formula is C20H18N2O5S. The first-order valence-corrected chi connectivity index (χ1v) is 9.98.